The average molecular weight is 171 g/mol. The number of azide groups is 1. The average Bonchev–Trinajstić information content (AvgIpc) is 2.09. The van der Waals surface area contributed by atoms with Crippen molar-refractivity contribution in [3.63, 3.8) is 0 Å². The third kappa shape index (κ3) is 7.38. The Kier molecular flexibility index (Phi) is 7.86. The molecule has 1 N–H and O–H groups in total. The highest BCUT2D eigenvalue weighted by molar-refractivity contribution is 4.59. The Hall–Kier alpha value is -0.730. The van der Waals surface area contributed by atoms with E-state index in [0.29, 0.717) is 0 Å². The van der Waals surface area contributed by atoms with Gasteiger partial charge in [-0.1, -0.05) is 37.7 Å². The first-order chi connectivity index (χ1) is 5.81. The predicted octanol–water partition coefficient (Wildman–Crippen LogP) is 2.63. The molecule has 0 saturated heterocycles. The Labute approximate surface area is 73.2 Å². The molecule has 0 radical (unpaired) electrons. The van der Waals surface area contributed by atoms with E-state index in [0.717, 1.165) is 19.3 Å². The molecule has 70 valence electrons. The van der Waals surface area contributed by atoms with Gasteiger partial charge in [-0.25, -0.2) is 0 Å². The van der Waals surface area contributed by atoms with Gasteiger partial charge < -0.3 is 5.11 Å². The van der Waals surface area contributed by atoms with E-state index in [9.17, 15) is 5.11 Å². The molecule has 0 fully saturated rings. The molecular formula is C8H17N3O. The molecular weight excluding hydrogens is 154 g/mol. The minimum Gasteiger partial charge on any atom is -0.393 e. The number of nitrogens with zero attached hydrogens (tertiary/aromatic N) is 3. The second-order valence-electron chi connectivity index (χ2n) is 2.92. The molecule has 12 heavy (non-hydrogen) atoms. The molecule has 0 aliphatic heterocycles. The van der Waals surface area contributed by atoms with Gasteiger partial charge >= 0.3 is 0 Å². The van der Waals surface area contributed by atoms with E-state index < -0.39 is 6.10 Å². The number of unbranched alkanes of at least 4 members (excludes halogenated alkanes) is 3. The second kappa shape index (κ2) is 8.37. The van der Waals surface area contributed by atoms with Crippen LogP contribution in [0.5, 0.6) is 0 Å². The summed E-state index contributed by atoms with van der Waals surface area (Å²) in [6, 6.07) is 0. The summed E-state index contributed by atoms with van der Waals surface area (Å²) in [6.07, 6.45) is 4.90. The van der Waals surface area contributed by atoms with Crippen molar-refractivity contribution >= 4 is 0 Å². The maximum atomic E-state index is 9.21. The second-order valence-corrected chi connectivity index (χ2v) is 2.92. The Morgan fingerprint density at radius 3 is 2.75 bits per heavy atom. The topological polar surface area (TPSA) is 69.0 Å². The van der Waals surface area contributed by atoms with E-state index in [1.807, 2.05) is 0 Å². The van der Waals surface area contributed by atoms with Gasteiger partial charge in [0.1, 0.15) is 0 Å². The maximum absolute atomic E-state index is 9.21. The Balaban J connectivity index is 3.18. The minimum atomic E-state index is -0.447. The van der Waals surface area contributed by atoms with Crippen LogP contribution in [-0.2, 0) is 0 Å². The van der Waals surface area contributed by atoms with Crippen molar-refractivity contribution in [2.45, 2.75) is 45.1 Å². The van der Waals surface area contributed by atoms with Crippen LogP contribution in [0.4, 0.5) is 0 Å². The number of hydrogen-bond acceptors (Lipinski definition) is 2. The third-order valence-electron chi connectivity index (χ3n) is 1.75. The molecule has 0 saturated carbocycles. The van der Waals surface area contributed by atoms with Crippen molar-refractivity contribution in [2.75, 3.05) is 6.54 Å². The standard InChI is InChI=1S/C8H17N3O/c1-2-3-4-5-6-8(12)7-10-11-9/h8,12H,2-7H2,1H3/t8-/m0/s1. The fraction of sp³-hybridized carbons (Fsp3) is 1.00. The summed E-state index contributed by atoms with van der Waals surface area (Å²) in [5, 5.41) is 12.5. The largest absolute Gasteiger partial charge is 0.393 e. The molecule has 1 atom stereocenters. The lowest BCUT2D eigenvalue weighted by molar-refractivity contribution is 0.169. The fourth-order valence-corrected chi connectivity index (χ4v) is 1.03. The molecule has 0 aliphatic carbocycles. The molecule has 0 aromatic heterocycles. The first kappa shape index (κ1) is 11.3. The molecule has 0 aliphatic rings. The van der Waals surface area contributed by atoms with E-state index >= 15 is 0 Å². The molecule has 0 heterocycles. The summed E-state index contributed by atoms with van der Waals surface area (Å²) in [4.78, 5) is 2.59. The zero-order valence-corrected chi connectivity index (χ0v) is 7.61. The fourth-order valence-electron chi connectivity index (χ4n) is 1.03. The zero-order valence-electron chi connectivity index (χ0n) is 7.61. The molecule has 0 aromatic carbocycles. The van der Waals surface area contributed by atoms with E-state index in [4.69, 9.17) is 5.53 Å². The van der Waals surface area contributed by atoms with E-state index in [1.54, 1.807) is 0 Å². The van der Waals surface area contributed by atoms with Crippen LogP contribution < -0.4 is 0 Å². The molecule has 4 nitrogen and oxygen atoms in total. The Morgan fingerprint density at radius 2 is 2.17 bits per heavy atom. The number of aliphatic hydroxyl groups is 1. The monoisotopic (exact) mass is 171 g/mol. The van der Waals surface area contributed by atoms with Crippen molar-refractivity contribution < 1.29 is 5.11 Å². The Morgan fingerprint density at radius 1 is 1.42 bits per heavy atom. The summed E-state index contributed by atoms with van der Waals surface area (Å²) in [5.74, 6) is 0. The highest BCUT2D eigenvalue weighted by Crippen LogP contribution is 2.05. The molecule has 0 spiro atoms. The first-order valence-electron chi connectivity index (χ1n) is 4.50. The van der Waals surface area contributed by atoms with Crippen LogP contribution in [0.15, 0.2) is 5.11 Å². The van der Waals surface area contributed by atoms with Gasteiger partial charge in [0.25, 0.3) is 0 Å². The van der Waals surface area contributed by atoms with Crippen molar-refractivity contribution in [3.05, 3.63) is 10.4 Å². The lowest BCUT2D eigenvalue weighted by Crippen LogP contribution is -2.09. The predicted molar refractivity (Wildman–Crippen MR) is 48.8 cm³/mol. The normalized spacial score (nSPS) is 12.2. The summed E-state index contributed by atoms with van der Waals surface area (Å²) < 4.78 is 0. The van der Waals surface area contributed by atoms with Crippen molar-refractivity contribution in [1.29, 1.82) is 0 Å². The zero-order chi connectivity index (χ0) is 9.23. The van der Waals surface area contributed by atoms with Gasteiger partial charge in [-0.3, -0.25) is 0 Å². The summed E-state index contributed by atoms with van der Waals surface area (Å²) in [7, 11) is 0. The summed E-state index contributed by atoms with van der Waals surface area (Å²) in [6.45, 7) is 2.36. The smallest absolute Gasteiger partial charge is 0.0596 e. The van der Waals surface area contributed by atoms with Gasteiger partial charge in [-0.15, -0.1) is 0 Å². The van der Waals surface area contributed by atoms with Crippen molar-refractivity contribution in [1.82, 2.24) is 0 Å². The van der Waals surface area contributed by atoms with Crippen LogP contribution in [0.3, 0.4) is 0 Å². The molecule has 0 amide bonds. The van der Waals surface area contributed by atoms with Crippen molar-refractivity contribution in [3.8, 4) is 0 Å². The highest BCUT2D eigenvalue weighted by atomic mass is 16.3. The number of hydrogen-bond donors (Lipinski definition) is 1. The van der Waals surface area contributed by atoms with Crippen LogP contribution in [0.1, 0.15) is 39.0 Å². The van der Waals surface area contributed by atoms with Crippen LogP contribution >= 0.6 is 0 Å². The quantitative estimate of drug-likeness (QED) is 0.272. The van der Waals surface area contributed by atoms with Gasteiger partial charge in [0.2, 0.25) is 0 Å². The SMILES string of the molecule is CCCCCC[C@H](O)CN=[N+]=[N-]. The summed E-state index contributed by atoms with van der Waals surface area (Å²) in [5.41, 5.74) is 7.97. The van der Waals surface area contributed by atoms with Crippen LogP contribution in [0.2, 0.25) is 0 Å². The molecule has 0 aromatic rings. The van der Waals surface area contributed by atoms with Crippen LogP contribution in [-0.4, -0.2) is 17.8 Å². The van der Waals surface area contributed by atoms with Gasteiger partial charge in [-0.05, 0) is 12.0 Å². The Bertz CT molecular complexity index is 143. The van der Waals surface area contributed by atoms with Gasteiger partial charge in [-0.2, -0.15) is 0 Å². The van der Waals surface area contributed by atoms with Crippen molar-refractivity contribution in [2.24, 2.45) is 5.11 Å². The van der Waals surface area contributed by atoms with E-state index in [1.165, 1.54) is 12.8 Å². The van der Waals surface area contributed by atoms with Crippen LogP contribution in [0.25, 0.3) is 10.4 Å². The molecule has 0 unspecified atom stereocenters. The maximum Gasteiger partial charge on any atom is 0.0596 e. The summed E-state index contributed by atoms with van der Waals surface area (Å²) >= 11 is 0. The minimum absolute atomic E-state index is 0.211. The molecule has 0 bridgehead atoms. The third-order valence-corrected chi connectivity index (χ3v) is 1.75. The van der Waals surface area contributed by atoms with E-state index in [2.05, 4.69) is 16.9 Å². The molecule has 4 heteroatoms. The number of aliphatic hydroxyl groups excluding tert-OH is 1. The van der Waals surface area contributed by atoms with Crippen LogP contribution in [0, 0.1) is 0 Å². The molecule has 0 rings (SSSR count). The lowest BCUT2D eigenvalue weighted by Gasteiger charge is -2.05. The first-order valence-corrected chi connectivity index (χ1v) is 4.50. The lowest BCUT2D eigenvalue weighted by atomic mass is 10.1. The highest BCUT2D eigenvalue weighted by Gasteiger charge is 2.00. The number of rotatable bonds is 7. The van der Waals surface area contributed by atoms with Gasteiger partial charge in [0, 0.05) is 4.91 Å². The van der Waals surface area contributed by atoms with E-state index in [-0.39, 0.29) is 6.54 Å². The van der Waals surface area contributed by atoms with Gasteiger partial charge in [0.05, 0.1) is 12.6 Å². The van der Waals surface area contributed by atoms with Gasteiger partial charge in [0.15, 0.2) is 0 Å².